The maximum atomic E-state index is 13.2. The van der Waals surface area contributed by atoms with Crippen LogP contribution in [-0.2, 0) is 14.3 Å². The van der Waals surface area contributed by atoms with Crippen LogP contribution in [0.4, 0.5) is 0 Å². The number of hydrogen-bond donors (Lipinski definition) is 1. The molecule has 0 radical (unpaired) electrons. The Morgan fingerprint density at radius 1 is 1.21 bits per heavy atom. The number of nitrogens with zero attached hydrogens (tertiary/aromatic N) is 1. The summed E-state index contributed by atoms with van der Waals surface area (Å²) >= 11 is 0. The Kier molecular flexibility index (Phi) is 6.91. The van der Waals surface area contributed by atoms with Crippen molar-refractivity contribution in [3.8, 4) is 5.75 Å². The van der Waals surface area contributed by atoms with Crippen LogP contribution in [0.5, 0.6) is 5.75 Å². The van der Waals surface area contributed by atoms with E-state index in [1.54, 1.807) is 18.2 Å². The topological polar surface area (TPSA) is 77.1 Å². The largest absolute Gasteiger partial charge is 0.496 e. The van der Waals surface area contributed by atoms with Gasteiger partial charge in [-0.15, -0.1) is 0 Å². The highest BCUT2D eigenvalue weighted by Gasteiger charge is 2.36. The number of ether oxygens (including phenoxy) is 3. The van der Waals surface area contributed by atoms with Gasteiger partial charge in [-0.3, -0.25) is 9.59 Å². The first kappa shape index (κ1) is 20.6. The number of benzene rings is 1. The summed E-state index contributed by atoms with van der Waals surface area (Å²) in [5.41, 5.74) is 0.424. The SMILES string of the molecule is COc1ccccc1C(=O)NC(C(=O)N1CCCC(C2OCCO2)C1)C(C)C. The number of likely N-dealkylation sites (tertiary alicyclic amines) is 1. The standard InChI is InChI=1S/C21H30N2O5/c1-14(2)18(22-19(24)16-8-4-5-9-17(16)26-3)20(25)23-10-6-7-15(13-23)21-27-11-12-28-21/h4-5,8-9,14-15,18,21H,6-7,10-13H2,1-3H3,(H,22,24). The monoisotopic (exact) mass is 390 g/mol. The highest BCUT2D eigenvalue weighted by molar-refractivity contribution is 5.99. The van der Waals surface area contributed by atoms with Crippen LogP contribution < -0.4 is 10.1 Å². The van der Waals surface area contributed by atoms with Crippen LogP contribution in [0.2, 0.25) is 0 Å². The lowest BCUT2D eigenvalue weighted by Crippen LogP contribution is -2.54. The van der Waals surface area contributed by atoms with Gasteiger partial charge in [0.05, 0.1) is 25.9 Å². The van der Waals surface area contributed by atoms with Crippen molar-refractivity contribution in [2.24, 2.45) is 11.8 Å². The third kappa shape index (κ3) is 4.64. The molecular weight excluding hydrogens is 360 g/mol. The lowest BCUT2D eigenvalue weighted by atomic mass is 9.95. The summed E-state index contributed by atoms with van der Waals surface area (Å²) in [4.78, 5) is 27.9. The van der Waals surface area contributed by atoms with Gasteiger partial charge in [-0.1, -0.05) is 26.0 Å². The van der Waals surface area contributed by atoms with Crippen molar-refractivity contribution in [2.75, 3.05) is 33.4 Å². The molecule has 2 heterocycles. The number of nitrogens with one attached hydrogen (secondary N) is 1. The van der Waals surface area contributed by atoms with Crippen molar-refractivity contribution < 1.29 is 23.8 Å². The minimum Gasteiger partial charge on any atom is -0.496 e. The second-order valence-electron chi connectivity index (χ2n) is 7.69. The molecule has 2 aliphatic rings. The Hall–Kier alpha value is -2.12. The summed E-state index contributed by atoms with van der Waals surface area (Å²) < 4.78 is 16.5. The van der Waals surface area contributed by atoms with Crippen molar-refractivity contribution >= 4 is 11.8 Å². The molecule has 0 spiro atoms. The van der Waals surface area contributed by atoms with Crippen molar-refractivity contribution in [2.45, 2.75) is 39.0 Å². The molecule has 0 saturated carbocycles. The summed E-state index contributed by atoms with van der Waals surface area (Å²) in [6.45, 7) is 6.38. The molecule has 0 aliphatic carbocycles. The predicted molar refractivity (Wildman–Crippen MR) is 104 cm³/mol. The Balaban J connectivity index is 1.68. The number of rotatable bonds is 6. The van der Waals surface area contributed by atoms with E-state index in [2.05, 4.69) is 5.32 Å². The highest BCUT2D eigenvalue weighted by atomic mass is 16.7. The third-order valence-corrected chi connectivity index (χ3v) is 5.37. The van der Waals surface area contributed by atoms with E-state index in [4.69, 9.17) is 14.2 Å². The lowest BCUT2D eigenvalue weighted by Gasteiger charge is -2.37. The lowest BCUT2D eigenvalue weighted by molar-refractivity contribution is -0.142. The molecule has 2 fully saturated rings. The molecule has 0 aromatic heterocycles. The smallest absolute Gasteiger partial charge is 0.255 e. The molecule has 7 nitrogen and oxygen atoms in total. The van der Waals surface area contributed by atoms with E-state index in [0.717, 1.165) is 12.8 Å². The van der Waals surface area contributed by atoms with E-state index in [1.807, 2.05) is 24.8 Å². The van der Waals surface area contributed by atoms with Crippen molar-refractivity contribution in [3.05, 3.63) is 29.8 Å². The highest BCUT2D eigenvalue weighted by Crippen LogP contribution is 2.26. The molecule has 2 amide bonds. The maximum Gasteiger partial charge on any atom is 0.255 e. The van der Waals surface area contributed by atoms with E-state index >= 15 is 0 Å². The van der Waals surface area contributed by atoms with Gasteiger partial charge in [-0.2, -0.15) is 0 Å². The molecular formula is C21H30N2O5. The molecule has 0 bridgehead atoms. The van der Waals surface area contributed by atoms with Crippen molar-refractivity contribution in [3.63, 3.8) is 0 Å². The van der Waals surface area contributed by atoms with Crippen LogP contribution in [-0.4, -0.2) is 62.5 Å². The molecule has 7 heteroatoms. The first-order valence-electron chi connectivity index (χ1n) is 9.97. The third-order valence-electron chi connectivity index (χ3n) is 5.37. The molecule has 1 aromatic carbocycles. The molecule has 154 valence electrons. The Bertz CT molecular complexity index is 687. The van der Waals surface area contributed by atoms with Crippen LogP contribution in [0.25, 0.3) is 0 Å². The van der Waals surface area contributed by atoms with Crippen LogP contribution in [0, 0.1) is 11.8 Å². The number of carbonyl (C=O) groups is 2. The van der Waals surface area contributed by atoms with Gasteiger partial charge in [0.2, 0.25) is 5.91 Å². The zero-order valence-electron chi connectivity index (χ0n) is 16.8. The fourth-order valence-electron chi connectivity index (χ4n) is 3.84. The van der Waals surface area contributed by atoms with Crippen LogP contribution in [0.3, 0.4) is 0 Å². The van der Waals surface area contributed by atoms with Gasteiger partial charge in [-0.05, 0) is 30.9 Å². The second kappa shape index (κ2) is 9.39. The van der Waals surface area contributed by atoms with E-state index in [9.17, 15) is 9.59 Å². The van der Waals surface area contributed by atoms with Crippen molar-refractivity contribution in [1.82, 2.24) is 10.2 Å². The summed E-state index contributed by atoms with van der Waals surface area (Å²) in [7, 11) is 1.53. The van der Waals surface area contributed by atoms with Gasteiger partial charge in [-0.25, -0.2) is 0 Å². The number of para-hydroxylation sites is 1. The van der Waals surface area contributed by atoms with Crippen molar-refractivity contribution in [1.29, 1.82) is 0 Å². The van der Waals surface area contributed by atoms with Gasteiger partial charge in [0.15, 0.2) is 6.29 Å². The number of piperidine rings is 1. The fourth-order valence-corrected chi connectivity index (χ4v) is 3.84. The summed E-state index contributed by atoms with van der Waals surface area (Å²) in [6.07, 6.45) is 1.66. The average Bonchev–Trinajstić information content (AvgIpc) is 3.26. The molecule has 28 heavy (non-hydrogen) atoms. The number of amides is 2. The number of carbonyl (C=O) groups excluding carboxylic acids is 2. The van der Waals surface area contributed by atoms with Crippen LogP contribution >= 0.6 is 0 Å². The van der Waals surface area contributed by atoms with E-state index in [0.29, 0.717) is 37.6 Å². The van der Waals surface area contributed by atoms with Gasteiger partial charge in [0, 0.05) is 19.0 Å². The van der Waals surface area contributed by atoms with E-state index < -0.39 is 6.04 Å². The van der Waals surface area contributed by atoms with Gasteiger partial charge >= 0.3 is 0 Å². The van der Waals surface area contributed by atoms with Crippen LogP contribution in [0.15, 0.2) is 24.3 Å². The zero-order valence-corrected chi connectivity index (χ0v) is 16.8. The van der Waals surface area contributed by atoms with E-state index in [1.165, 1.54) is 7.11 Å². The molecule has 2 atom stereocenters. The minimum absolute atomic E-state index is 0.0366. The molecule has 1 aromatic rings. The molecule has 2 unspecified atom stereocenters. The summed E-state index contributed by atoms with van der Waals surface area (Å²) in [5, 5.41) is 2.92. The molecule has 1 N–H and O–H groups in total. The summed E-state index contributed by atoms with van der Waals surface area (Å²) in [5.74, 6) is 0.272. The maximum absolute atomic E-state index is 13.2. The first-order valence-corrected chi connectivity index (χ1v) is 9.97. The Morgan fingerprint density at radius 2 is 1.93 bits per heavy atom. The average molecular weight is 390 g/mol. The fraction of sp³-hybridized carbons (Fsp3) is 0.619. The predicted octanol–water partition coefficient (Wildman–Crippen LogP) is 2.06. The zero-order chi connectivity index (χ0) is 20.1. The normalized spacial score (nSPS) is 21.6. The molecule has 3 rings (SSSR count). The summed E-state index contributed by atoms with van der Waals surface area (Å²) in [6, 6.07) is 6.42. The van der Waals surface area contributed by atoms with Gasteiger partial charge in [0.25, 0.3) is 5.91 Å². The molecule has 2 saturated heterocycles. The van der Waals surface area contributed by atoms with Gasteiger partial charge < -0.3 is 24.4 Å². The first-order chi connectivity index (χ1) is 13.5. The number of hydrogen-bond acceptors (Lipinski definition) is 5. The van der Waals surface area contributed by atoms with E-state index in [-0.39, 0.29) is 29.9 Å². The molecule has 2 aliphatic heterocycles. The Labute approximate surface area is 166 Å². The number of methoxy groups -OCH3 is 1. The minimum atomic E-state index is -0.596. The second-order valence-corrected chi connectivity index (χ2v) is 7.69. The van der Waals surface area contributed by atoms with Crippen LogP contribution in [0.1, 0.15) is 37.0 Å². The Morgan fingerprint density at radius 3 is 2.61 bits per heavy atom. The van der Waals surface area contributed by atoms with Gasteiger partial charge in [0.1, 0.15) is 11.8 Å². The quantitative estimate of drug-likeness (QED) is 0.805.